The highest BCUT2D eigenvalue weighted by molar-refractivity contribution is 5.92. The van der Waals surface area contributed by atoms with E-state index in [4.69, 9.17) is 5.26 Å². The zero-order chi connectivity index (χ0) is 13.5. The number of rotatable bonds is 4. The van der Waals surface area contributed by atoms with Gasteiger partial charge in [-0.05, 0) is 50.4 Å². The number of carbonyl (C=O) groups is 1. The minimum atomic E-state index is -0.00623. The highest BCUT2D eigenvalue weighted by Gasteiger charge is 2.14. The van der Waals surface area contributed by atoms with Crippen LogP contribution in [0.15, 0.2) is 24.3 Å². The van der Waals surface area contributed by atoms with E-state index in [1.54, 1.807) is 18.2 Å². The second-order valence-corrected chi connectivity index (χ2v) is 4.96. The SMILES string of the molecule is N#Cc1ccccc1NC(=O)CCC1CCCNC1. The molecule has 0 aliphatic carbocycles. The first-order valence-corrected chi connectivity index (χ1v) is 6.79. The monoisotopic (exact) mass is 257 g/mol. The maximum Gasteiger partial charge on any atom is 0.224 e. The number of hydrogen-bond donors (Lipinski definition) is 2. The van der Waals surface area contributed by atoms with Crippen molar-refractivity contribution in [1.82, 2.24) is 5.32 Å². The Bertz CT molecular complexity index is 473. The van der Waals surface area contributed by atoms with Gasteiger partial charge in [0.25, 0.3) is 0 Å². The molecular weight excluding hydrogens is 238 g/mol. The molecule has 4 heteroatoms. The molecule has 1 aliphatic heterocycles. The number of amides is 1. The Morgan fingerprint density at radius 2 is 2.32 bits per heavy atom. The van der Waals surface area contributed by atoms with Crippen molar-refractivity contribution in [3.05, 3.63) is 29.8 Å². The molecule has 2 N–H and O–H groups in total. The van der Waals surface area contributed by atoms with Crippen LogP contribution in [-0.2, 0) is 4.79 Å². The Hall–Kier alpha value is -1.86. The van der Waals surface area contributed by atoms with Gasteiger partial charge in [-0.1, -0.05) is 12.1 Å². The number of nitrogens with one attached hydrogen (secondary N) is 2. The van der Waals surface area contributed by atoms with Crippen molar-refractivity contribution in [2.75, 3.05) is 18.4 Å². The summed E-state index contributed by atoms with van der Waals surface area (Å²) in [4.78, 5) is 11.9. The molecule has 0 aromatic heterocycles. The van der Waals surface area contributed by atoms with E-state index in [1.165, 1.54) is 12.8 Å². The van der Waals surface area contributed by atoms with Crippen molar-refractivity contribution in [2.45, 2.75) is 25.7 Å². The third-order valence-corrected chi connectivity index (χ3v) is 3.50. The van der Waals surface area contributed by atoms with Gasteiger partial charge < -0.3 is 10.6 Å². The van der Waals surface area contributed by atoms with E-state index in [1.807, 2.05) is 6.07 Å². The Balaban J connectivity index is 1.82. The van der Waals surface area contributed by atoms with E-state index in [9.17, 15) is 4.79 Å². The highest BCUT2D eigenvalue weighted by atomic mass is 16.1. The third kappa shape index (κ3) is 4.08. The summed E-state index contributed by atoms with van der Waals surface area (Å²) in [7, 11) is 0. The van der Waals surface area contributed by atoms with E-state index in [0.29, 0.717) is 23.6 Å². The van der Waals surface area contributed by atoms with Crippen LogP contribution in [0.25, 0.3) is 0 Å². The van der Waals surface area contributed by atoms with Crippen LogP contribution in [0.2, 0.25) is 0 Å². The van der Waals surface area contributed by atoms with E-state index >= 15 is 0 Å². The lowest BCUT2D eigenvalue weighted by Gasteiger charge is -2.22. The molecule has 1 aromatic carbocycles. The van der Waals surface area contributed by atoms with Gasteiger partial charge in [0.15, 0.2) is 0 Å². The standard InChI is InChI=1S/C15H19N3O/c16-10-13-5-1-2-6-14(13)18-15(19)8-7-12-4-3-9-17-11-12/h1-2,5-6,12,17H,3-4,7-9,11H2,(H,18,19). The first kappa shape index (κ1) is 13.6. The number of nitriles is 1. The largest absolute Gasteiger partial charge is 0.325 e. The highest BCUT2D eigenvalue weighted by Crippen LogP contribution is 2.18. The fourth-order valence-electron chi connectivity index (χ4n) is 2.41. The van der Waals surface area contributed by atoms with Gasteiger partial charge in [0.2, 0.25) is 5.91 Å². The van der Waals surface area contributed by atoms with E-state index in [0.717, 1.165) is 19.5 Å². The van der Waals surface area contributed by atoms with Gasteiger partial charge in [-0.3, -0.25) is 4.79 Å². The molecule has 1 aromatic rings. The average Bonchev–Trinajstić information content (AvgIpc) is 2.47. The fraction of sp³-hybridized carbons (Fsp3) is 0.467. The Morgan fingerprint density at radius 3 is 3.05 bits per heavy atom. The number of benzene rings is 1. The minimum absolute atomic E-state index is 0.00623. The molecule has 1 heterocycles. The van der Waals surface area contributed by atoms with Crippen molar-refractivity contribution in [2.24, 2.45) is 5.92 Å². The van der Waals surface area contributed by atoms with Crippen LogP contribution in [0.5, 0.6) is 0 Å². The van der Waals surface area contributed by atoms with Gasteiger partial charge in [0.1, 0.15) is 6.07 Å². The molecule has 0 radical (unpaired) electrons. The normalized spacial score (nSPS) is 18.6. The zero-order valence-electron chi connectivity index (χ0n) is 11.0. The van der Waals surface area contributed by atoms with Crippen LogP contribution in [-0.4, -0.2) is 19.0 Å². The van der Waals surface area contributed by atoms with Crippen molar-refractivity contribution in [3.8, 4) is 6.07 Å². The van der Waals surface area contributed by atoms with Gasteiger partial charge in [0.05, 0.1) is 11.3 Å². The predicted molar refractivity (Wildman–Crippen MR) is 74.6 cm³/mol. The Labute approximate surface area is 113 Å². The molecule has 19 heavy (non-hydrogen) atoms. The van der Waals surface area contributed by atoms with E-state index < -0.39 is 0 Å². The van der Waals surface area contributed by atoms with Crippen molar-refractivity contribution in [1.29, 1.82) is 5.26 Å². The molecule has 1 amide bonds. The smallest absolute Gasteiger partial charge is 0.224 e. The van der Waals surface area contributed by atoms with Crippen molar-refractivity contribution < 1.29 is 4.79 Å². The number of nitrogens with zero attached hydrogens (tertiary/aromatic N) is 1. The topological polar surface area (TPSA) is 64.9 Å². The molecule has 1 unspecified atom stereocenters. The van der Waals surface area contributed by atoms with Crippen molar-refractivity contribution >= 4 is 11.6 Å². The lowest BCUT2D eigenvalue weighted by Crippen LogP contribution is -2.30. The molecule has 0 bridgehead atoms. The lowest BCUT2D eigenvalue weighted by molar-refractivity contribution is -0.116. The summed E-state index contributed by atoms with van der Waals surface area (Å²) >= 11 is 0. The fourth-order valence-corrected chi connectivity index (χ4v) is 2.41. The van der Waals surface area contributed by atoms with Crippen LogP contribution in [0.4, 0.5) is 5.69 Å². The van der Waals surface area contributed by atoms with Gasteiger partial charge in [-0.15, -0.1) is 0 Å². The van der Waals surface area contributed by atoms with Gasteiger partial charge in [0, 0.05) is 6.42 Å². The zero-order valence-corrected chi connectivity index (χ0v) is 11.0. The number of carbonyl (C=O) groups excluding carboxylic acids is 1. The average molecular weight is 257 g/mol. The molecule has 1 saturated heterocycles. The quantitative estimate of drug-likeness (QED) is 0.869. The van der Waals surface area contributed by atoms with Crippen LogP contribution in [0.1, 0.15) is 31.2 Å². The predicted octanol–water partition coefficient (Wildman–Crippen LogP) is 2.28. The molecule has 1 atom stereocenters. The van der Waals surface area contributed by atoms with Crippen LogP contribution >= 0.6 is 0 Å². The molecule has 4 nitrogen and oxygen atoms in total. The molecule has 2 rings (SSSR count). The molecule has 100 valence electrons. The third-order valence-electron chi connectivity index (χ3n) is 3.50. The maximum absolute atomic E-state index is 11.9. The van der Waals surface area contributed by atoms with Crippen molar-refractivity contribution in [3.63, 3.8) is 0 Å². The molecule has 0 spiro atoms. The summed E-state index contributed by atoms with van der Waals surface area (Å²) in [5, 5.41) is 15.1. The van der Waals surface area contributed by atoms with Gasteiger partial charge in [-0.25, -0.2) is 0 Å². The Morgan fingerprint density at radius 1 is 1.47 bits per heavy atom. The molecular formula is C15H19N3O. The number of piperidine rings is 1. The van der Waals surface area contributed by atoms with Gasteiger partial charge in [-0.2, -0.15) is 5.26 Å². The van der Waals surface area contributed by atoms with E-state index in [2.05, 4.69) is 16.7 Å². The van der Waals surface area contributed by atoms with Crippen LogP contribution in [0.3, 0.4) is 0 Å². The summed E-state index contributed by atoms with van der Waals surface area (Å²) in [6, 6.07) is 9.17. The van der Waals surface area contributed by atoms with Gasteiger partial charge >= 0.3 is 0 Å². The minimum Gasteiger partial charge on any atom is -0.325 e. The summed E-state index contributed by atoms with van der Waals surface area (Å²) in [6.45, 7) is 2.11. The summed E-state index contributed by atoms with van der Waals surface area (Å²) in [5.41, 5.74) is 1.12. The Kier molecular flexibility index (Phi) is 4.93. The maximum atomic E-state index is 11.9. The summed E-state index contributed by atoms with van der Waals surface area (Å²) in [5.74, 6) is 0.596. The first-order chi connectivity index (χ1) is 9.29. The molecule has 1 fully saturated rings. The van der Waals surface area contributed by atoms with Crippen LogP contribution < -0.4 is 10.6 Å². The van der Waals surface area contributed by atoms with E-state index in [-0.39, 0.29) is 5.91 Å². The number of hydrogen-bond acceptors (Lipinski definition) is 3. The molecule has 0 saturated carbocycles. The second kappa shape index (κ2) is 6.91. The summed E-state index contributed by atoms with van der Waals surface area (Å²) < 4.78 is 0. The number of para-hydroxylation sites is 1. The second-order valence-electron chi connectivity index (χ2n) is 4.96. The first-order valence-electron chi connectivity index (χ1n) is 6.79. The lowest BCUT2D eigenvalue weighted by atomic mass is 9.94. The van der Waals surface area contributed by atoms with Crippen LogP contribution in [0, 0.1) is 17.2 Å². The summed E-state index contributed by atoms with van der Waals surface area (Å²) in [6.07, 6.45) is 3.83. The molecule has 1 aliphatic rings. The number of anilines is 1.